The highest BCUT2D eigenvalue weighted by Gasteiger charge is 2.14. The monoisotopic (exact) mass is 326 g/mol. The smallest absolute Gasteiger partial charge is 0.243 e. The fraction of sp³-hybridized carbons (Fsp3) is 0.231. The van der Waals surface area contributed by atoms with Gasteiger partial charge in [0.25, 0.3) is 0 Å². The van der Waals surface area contributed by atoms with Crippen LogP contribution in [0.2, 0.25) is 5.02 Å². The molecule has 1 aromatic heterocycles. The van der Waals surface area contributed by atoms with Crippen molar-refractivity contribution < 1.29 is 8.42 Å². The van der Waals surface area contributed by atoms with Gasteiger partial charge in [-0.3, -0.25) is 0 Å². The first kappa shape index (κ1) is 15.7. The number of hydrogen-bond donors (Lipinski definition) is 2. The van der Waals surface area contributed by atoms with Crippen LogP contribution in [-0.4, -0.2) is 32.0 Å². The second-order valence-corrected chi connectivity index (χ2v) is 6.47. The molecule has 2 rings (SSSR count). The summed E-state index contributed by atoms with van der Waals surface area (Å²) in [5.41, 5.74) is 1.00. The molecule has 0 aliphatic rings. The lowest BCUT2D eigenvalue weighted by atomic mass is 10.2. The molecule has 112 valence electrons. The molecule has 0 saturated carbocycles. The predicted octanol–water partition coefficient (Wildman–Crippen LogP) is 1.69. The third-order valence-corrected chi connectivity index (χ3v) is 4.45. The van der Waals surface area contributed by atoms with Gasteiger partial charge in [0, 0.05) is 18.6 Å². The average Bonchev–Trinajstić information content (AvgIpc) is 2.49. The molecular weight excluding hydrogens is 312 g/mol. The van der Waals surface area contributed by atoms with Gasteiger partial charge in [-0.1, -0.05) is 23.7 Å². The van der Waals surface area contributed by atoms with E-state index < -0.39 is 10.0 Å². The third kappa shape index (κ3) is 4.38. The van der Waals surface area contributed by atoms with Gasteiger partial charge in [-0.2, -0.15) is 0 Å². The van der Waals surface area contributed by atoms with Crippen molar-refractivity contribution in [3.63, 3.8) is 0 Å². The molecule has 0 atom stereocenters. The van der Waals surface area contributed by atoms with Gasteiger partial charge in [0.05, 0.1) is 12.4 Å². The van der Waals surface area contributed by atoms with E-state index in [4.69, 9.17) is 11.6 Å². The Balaban J connectivity index is 1.95. The number of sulfonamides is 1. The molecule has 0 aliphatic carbocycles. The number of halogens is 1. The van der Waals surface area contributed by atoms with E-state index in [9.17, 15) is 8.42 Å². The van der Waals surface area contributed by atoms with Gasteiger partial charge in [-0.15, -0.1) is 0 Å². The predicted molar refractivity (Wildman–Crippen MR) is 81.9 cm³/mol. The summed E-state index contributed by atoms with van der Waals surface area (Å²) in [6, 6.07) is 7.27. The van der Waals surface area contributed by atoms with Crippen LogP contribution in [0.15, 0.2) is 41.6 Å². The summed E-state index contributed by atoms with van der Waals surface area (Å²) in [6.45, 7) is 0.289. The lowest BCUT2D eigenvalue weighted by Gasteiger charge is -2.07. The van der Waals surface area contributed by atoms with Crippen LogP contribution in [0.1, 0.15) is 5.56 Å². The zero-order valence-corrected chi connectivity index (χ0v) is 12.9. The first-order valence-corrected chi connectivity index (χ1v) is 8.11. The van der Waals surface area contributed by atoms with Gasteiger partial charge < -0.3 is 5.32 Å². The first-order chi connectivity index (χ1) is 10.0. The summed E-state index contributed by atoms with van der Waals surface area (Å²) in [5.74, 6) is 0.370. The van der Waals surface area contributed by atoms with Crippen molar-refractivity contribution in [1.82, 2.24) is 14.7 Å². The molecule has 1 aromatic carbocycles. The lowest BCUT2D eigenvalue weighted by molar-refractivity contribution is 0.580. The molecule has 0 unspecified atom stereocenters. The van der Waals surface area contributed by atoms with Crippen molar-refractivity contribution in [2.75, 3.05) is 18.9 Å². The number of nitrogens with one attached hydrogen (secondary N) is 2. The molecule has 0 bridgehead atoms. The number of nitrogens with zero attached hydrogens (tertiary/aromatic N) is 2. The van der Waals surface area contributed by atoms with Crippen molar-refractivity contribution in [3.8, 4) is 0 Å². The number of rotatable bonds is 6. The minimum atomic E-state index is -3.59. The quantitative estimate of drug-likeness (QED) is 0.844. The summed E-state index contributed by atoms with van der Waals surface area (Å²) >= 11 is 5.79. The fourth-order valence-corrected chi connectivity index (χ4v) is 2.69. The van der Waals surface area contributed by atoms with Crippen LogP contribution in [0, 0.1) is 0 Å². The maximum Gasteiger partial charge on any atom is 0.243 e. The average molecular weight is 327 g/mol. The van der Waals surface area contributed by atoms with E-state index in [0.717, 1.165) is 5.56 Å². The van der Waals surface area contributed by atoms with E-state index in [2.05, 4.69) is 20.0 Å². The number of benzene rings is 1. The molecule has 0 spiro atoms. The van der Waals surface area contributed by atoms with Gasteiger partial charge in [0.15, 0.2) is 0 Å². The summed E-state index contributed by atoms with van der Waals surface area (Å²) in [6.07, 6.45) is 3.11. The SMILES string of the molecule is CNc1ncc(S(=O)(=O)NCCc2ccc(Cl)cc2)cn1. The molecule has 0 radical (unpaired) electrons. The summed E-state index contributed by atoms with van der Waals surface area (Å²) in [4.78, 5) is 7.81. The maximum atomic E-state index is 12.0. The molecule has 21 heavy (non-hydrogen) atoms. The van der Waals surface area contributed by atoms with Crippen LogP contribution in [0.3, 0.4) is 0 Å². The zero-order chi connectivity index (χ0) is 15.3. The Morgan fingerprint density at radius 1 is 1.14 bits per heavy atom. The lowest BCUT2D eigenvalue weighted by Crippen LogP contribution is -2.26. The van der Waals surface area contributed by atoms with Crippen molar-refractivity contribution in [1.29, 1.82) is 0 Å². The summed E-state index contributed by atoms with van der Waals surface area (Å²) in [5, 5.41) is 3.38. The van der Waals surface area contributed by atoms with Crippen molar-refractivity contribution >= 4 is 27.6 Å². The van der Waals surface area contributed by atoms with E-state index >= 15 is 0 Å². The van der Waals surface area contributed by atoms with Crippen molar-refractivity contribution in [2.24, 2.45) is 0 Å². The Morgan fingerprint density at radius 3 is 2.33 bits per heavy atom. The van der Waals surface area contributed by atoms with E-state index in [1.807, 2.05) is 12.1 Å². The van der Waals surface area contributed by atoms with Gasteiger partial charge in [0.1, 0.15) is 4.90 Å². The zero-order valence-electron chi connectivity index (χ0n) is 11.4. The van der Waals surface area contributed by atoms with E-state index in [-0.39, 0.29) is 11.4 Å². The first-order valence-electron chi connectivity index (χ1n) is 6.25. The highest BCUT2D eigenvalue weighted by Crippen LogP contribution is 2.10. The summed E-state index contributed by atoms with van der Waals surface area (Å²) in [7, 11) is -1.93. The molecule has 8 heteroatoms. The highest BCUT2D eigenvalue weighted by molar-refractivity contribution is 7.89. The fourth-order valence-electron chi connectivity index (χ4n) is 1.65. The Bertz CT molecular complexity index is 687. The molecule has 1 heterocycles. The molecule has 0 amide bonds. The molecule has 0 fully saturated rings. The Hall–Kier alpha value is -1.70. The van der Waals surface area contributed by atoms with Crippen molar-refractivity contribution in [3.05, 3.63) is 47.2 Å². The second-order valence-electron chi connectivity index (χ2n) is 4.27. The van der Waals surface area contributed by atoms with Crippen LogP contribution in [0.4, 0.5) is 5.95 Å². The Kier molecular flexibility index (Phi) is 5.11. The minimum absolute atomic E-state index is 0.0395. The number of anilines is 1. The van der Waals surface area contributed by atoms with Gasteiger partial charge >= 0.3 is 0 Å². The van der Waals surface area contributed by atoms with Crippen molar-refractivity contribution in [2.45, 2.75) is 11.3 Å². The summed E-state index contributed by atoms with van der Waals surface area (Å²) < 4.78 is 26.6. The van der Waals surface area contributed by atoms with E-state index in [0.29, 0.717) is 17.4 Å². The van der Waals surface area contributed by atoms with Gasteiger partial charge in [0.2, 0.25) is 16.0 Å². The van der Waals surface area contributed by atoms with E-state index in [1.54, 1.807) is 19.2 Å². The minimum Gasteiger partial charge on any atom is -0.357 e. The topological polar surface area (TPSA) is 84.0 Å². The largest absolute Gasteiger partial charge is 0.357 e. The Labute approximate surface area is 128 Å². The number of aromatic nitrogens is 2. The van der Waals surface area contributed by atoms with Crippen LogP contribution >= 0.6 is 11.6 Å². The molecule has 2 N–H and O–H groups in total. The van der Waals surface area contributed by atoms with E-state index in [1.165, 1.54) is 12.4 Å². The highest BCUT2D eigenvalue weighted by atomic mass is 35.5. The molecule has 6 nitrogen and oxygen atoms in total. The number of hydrogen-bond acceptors (Lipinski definition) is 5. The van der Waals surface area contributed by atoms with Gasteiger partial charge in [-0.25, -0.2) is 23.1 Å². The third-order valence-electron chi connectivity index (χ3n) is 2.78. The molecule has 0 saturated heterocycles. The van der Waals surface area contributed by atoms with Crippen LogP contribution < -0.4 is 10.0 Å². The maximum absolute atomic E-state index is 12.0. The molecule has 2 aromatic rings. The van der Waals surface area contributed by atoms with Crippen LogP contribution in [-0.2, 0) is 16.4 Å². The normalized spacial score (nSPS) is 11.3. The van der Waals surface area contributed by atoms with Crippen LogP contribution in [0.5, 0.6) is 0 Å². The van der Waals surface area contributed by atoms with Crippen LogP contribution in [0.25, 0.3) is 0 Å². The molecular formula is C13H15ClN4O2S. The second kappa shape index (κ2) is 6.84. The molecule has 0 aliphatic heterocycles. The van der Waals surface area contributed by atoms with Gasteiger partial charge in [-0.05, 0) is 24.1 Å². The Morgan fingerprint density at radius 2 is 1.76 bits per heavy atom. The standard InChI is InChI=1S/C13H15ClN4O2S/c1-15-13-16-8-12(9-17-13)21(19,20)18-7-6-10-2-4-11(14)5-3-10/h2-5,8-9,18H,6-7H2,1H3,(H,15,16,17).